The van der Waals surface area contributed by atoms with Crippen LogP contribution in [-0.2, 0) is 10.0 Å². The van der Waals surface area contributed by atoms with Crippen molar-refractivity contribution in [2.24, 2.45) is 0 Å². The van der Waals surface area contributed by atoms with Gasteiger partial charge in [-0.1, -0.05) is 0 Å². The molecular weight excluding hydrogens is 204 g/mol. The van der Waals surface area contributed by atoms with Crippen LogP contribution in [0.5, 0.6) is 5.75 Å². The number of benzene rings is 1. The lowest BCUT2D eigenvalue weighted by atomic mass is 10.3. The highest BCUT2D eigenvalue weighted by molar-refractivity contribution is 7.92. The van der Waals surface area contributed by atoms with E-state index in [1.165, 1.54) is 30.3 Å². The van der Waals surface area contributed by atoms with Crippen molar-refractivity contribution in [1.29, 1.82) is 5.26 Å². The van der Waals surface area contributed by atoms with Crippen LogP contribution in [0, 0.1) is 11.3 Å². The van der Waals surface area contributed by atoms with Gasteiger partial charge < -0.3 is 5.11 Å². The first kappa shape index (κ1) is 10.3. The Hall–Kier alpha value is -1.74. The zero-order valence-corrected chi connectivity index (χ0v) is 7.95. The second-order valence-corrected chi connectivity index (χ2v) is 4.29. The third kappa shape index (κ3) is 2.95. The molecule has 14 heavy (non-hydrogen) atoms. The van der Waals surface area contributed by atoms with Crippen molar-refractivity contribution in [2.75, 3.05) is 10.5 Å². The Morgan fingerprint density at radius 3 is 2.43 bits per heavy atom. The summed E-state index contributed by atoms with van der Waals surface area (Å²) in [5, 5.41) is 17.1. The third-order valence-electron chi connectivity index (χ3n) is 1.40. The van der Waals surface area contributed by atoms with Gasteiger partial charge in [0.2, 0.25) is 10.0 Å². The third-order valence-corrected chi connectivity index (χ3v) is 2.45. The molecule has 1 aromatic carbocycles. The molecule has 1 aromatic rings. The highest BCUT2D eigenvalue weighted by Gasteiger charge is 2.08. The van der Waals surface area contributed by atoms with Gasteiger partial charge in [0.25, 0.3) is 0 Å². The van der Waals surface area contributed by atoms with Crippen molar-refractivity contribution in [3.05, 3.63) is 24.3 Å². The summed E-state index contributed by atoms with van der Waals surface area (Å²) in [4.78, 5) is 0. The van der Waals surface area contributed by atoms with Crippen molar-refractivity contribution >= 4 is 15.7 Å². The second kappa shape index (κ2) is 3.98. The van der Waals surface area contributed by atoms with Gasteiger partial charge in [0.15, 0.2) is 5.75 Å². The van der Waals surface area contributed by atoms with E-state index in [1.54, 1.807) is 0 Å². The number of phenolic OH excluding ortho intramolecular Hbond substituents is 1. The Morgan fingerprint density at radius 2 is 1.93 bits per heavy atom. The van der Waals surface area contributed by atoms with Crippen LogP contribution in [0.1, 0.15) is 0 Å². The fourth-order valence-corrected chi connectivity index (χ4v) is 1.57. The summed E-state index contributed by atoms with van der Waals surface area (Å²) in [5.41, 5.74) is 0.318. The molecule has 1 rings (SSSR count). The van der Waals surface area contributed by atoms with E-state index in [0.717, 1.165) is 0 Å². The van der Waals surface area contributed by atoms with Crippen molar-refractivity contribution < 1.29 is 13.5 Å². The lowest BCUT2D eigenvalue weighted by Crippen LogP contribution is -2.15. The number of nitriles is 1. The molecule has 2 N–H and O–H groups in total. The molecule has 5 nitrogen and oxygen atoms in total. The largest absolute Gasteiger partial charge is 0.508 e. The van der Waals surface area contributed by atoms with Crippen LogP contribution in [-0.4, -0.2) is 19.3 Å². The number of anilines is 1. The Morgan fingerprint density at radius 1 is 1.36 bits per heavy atom. The molecule has 0 aliphatic carbocycles. The molecule has 0 fully saturated rings. The summed E-state index contributed by atoms with van der Waals surface area (Å²) in [6.07, 6.45) is 0. The number of phenols is 1. The lowest BCUT2D eigenvalue weighted by Gasteiger charge is -2.04. The molecule has 0 radical (unpaired) electrons. The van der Waals surface area contributed by atoms with Gasteiger partial charge >= 0.3 is 0 Å². The number of sulfonamides is 1. The Bertz CT molecular complexity index is 444. The molecule has 0 unspecified atom stereocenters. The Kier molecular flexibility index (Phi) is 2.94. The molecule has 0 bridgehead atoms. The van der Waals surface area contributed by atoms with Gasteiger partial charge in [0.05, 0.1) is 6.07 Å². The van der Waals surface area contributed by atoms with Crippen LogP contribution in [0.25, 0.3) is 0 Å². The molecule has 0 saturated carbocycles. The number of nitrogens with one attached hydrogen (secondary N) is 1. The normalized spacial score (nSPS) is 10.5. The highest BCUT2D eigenvalue weighted by atomic mass is 32.2. The van der Waals surface area contributed by atoms with Crippen LogP contribution in [0.2, 0.25) is 0 Å². The number of rotatable bonds is 3. The van der Waals surface area contributed by atoms with Gasteiger partial charge in [-0.05, 0) is 24.3 Å². The van der Waals surface area contributed by atoms with Gasteiger partial charge in [0.1, 0.15) is 5.75 Å². The first-order valence-electron chi connectivity index (χ1n) is 3.70. The van der Waals surface area contributed by atoms with Crippen LogP contribution in [0.3, 0.4) is 0 Å². The fourth-order valence-electron chi connectivity index (χ4n) is 0.830. The predicted octanol–water partition coefficient (Wildman–Crippen LogP) is 0.657. The maximum Gasteiger partial charge on any atom is 0.246 e. The van der Waals surface area contributed by atoms with Crippen LogP contribution in [0.4, 0.5) is 5.69 Å². The van der Waals surface area contributed by atoms with Crippen molar-refractivity contribution in [1.82, 2.24) is 0 Å². The van der Waals surface area contributed by atoms with Crippen molar-refractivity contribution in [3.8, 4) is 11.8 Å². The monoisotopic (exact) mass is 212 g/mol. The zero-order chi connectivity index (χ0) is 10.6. The van der Waals surface area contributed by atoms with E-state index in [4.69, 9.17) is 10.4 Å². The number of nitrogens with zero attached hydrogens (tertiary/aromatic N) is 1. The average Bonchev–Trinajstić information content (AvgIpc) is 2.08. The molecule has 6 heteroatoms. The Labute approximate surface area is 81.7 Å². The first-order valence-corrected chi connectivity index (χ1v) is 5.35. The molecule has 0 aromatic heterocycles. The number of hydrogen-bond donors (Lipinski definition) is 2. The van der Waals surface area contributed by atoms with E-state index in [1.807, 2.05) is 0 Å². The summed E-state index contributed by atoms with van der Waals surface area (Å²) < 4.78 is 24.4. The number of aromatic hydroxyl groups is 1. The molecule has 0 atom stereocenters. The summed E-state index contributed by atoms with van der Waals surface area (Å²) in [6, 6.07) is 7.06. The predicted molar refractivity (Wildman–Crippen MR) is 51.1 cm³/mol. The van der Waals surface area contributed by atoms with E-state index >= 15 is 0 Å². The molecule has 0 aliphatic heterocycles. The maximum atomic E-state index is 11.1. The molecular formula is C8H8N2O3S. The minimum Gasteiger partial charge on any atom is -0.508 e. The molecule has 0 saturated heterocycles. The van der Waals surface area contributed by atoms with E-state index < -0.39 is 15.8 Å². The van der Waals surface area contributed by atoms with E-state index in [-0.39, 0.29) is 5.75 Å². The first-order chi connectivity index (χ1) is 6.53. The minimum absolute atomic E-state index is 0.0493. The SMILES string of the molecule is N#CCS(=O)(=O)Nc1ccc(O)cc1. The smallest absolute Gasteiger partial charge is 0.246 e. The average molecular weight is 212 g/mol. The zero-order valence-electron chi connectivity index (χ0n) is 7.14. The van der Waals surface area contributed by atoms with Gasteiger partial charge in [-0.2, -0.15) is 5.26 Å². The summed E-state index contributed by atoms with van der Waals surface area (Å²) in [5.74, 6) is -0.540. The molecule has 0 amide bonds. The van der Waals surface area contributed by atoms with Gasteiger partial charge in [-0.15, -0.1) is 0 Å². The molecule has 0 aliphatic rings. The van der Waals surface area contributed by atoms with E-state index in [9.17, 15) is 8.42 Å². The quantitative estimate of drug-likeness (QED) is 0.720. The Balaban J connectivity index is 2.80. The topological polar surface area (TPSA) is 90.2 Å². The summed E-state index contributed by atoms with van der Waals surface area (Å²) in [7, 11) is -3.59. The molecule has 0 spiro atoms. The van der Waals surface area contributed by atoms with E-state index in [2.05, 4.69) is 4.72 Å². The van der Waals surface area contributed by atoms with Crippen molar-refractivity contribution in [3.63, 3.8) is 0 Å². The van der Waals surface area contributed by atoms with Crippen LogP contribution < -0.4 is 4.72 Å². The van der Waals surface area contributed by atoms with Crippen LogP contribution in [0.15, 0.2) is 24.3 Å². The van der Waals surface area contributed by atoms with E-state index in [0.29, 0.717) is 5.69 Å². The standard InChI is InChI=1S/C8H8N2O3S/c9-5-6-14(12,13)10-7-1-3-8(11)4-2-7/h1-4,10-11H,6H2. The molecule has 0 heterocycles. The summed E-state index contributed by atoms with van der Waals surface area (Å²) in [6.45, 7) is 0. The maximum absolute atomic E-state index is 11.1. The van der Waals surface area contributed by atoms with Gasteiger partial charge in [-0.3, -0.25) is 4.72 Å². The van der Waals surface area contributed by atoms with Crippen LogP contribution >= 0.6 is 0 Å². The van der Waals surface area contributed by atoms with Gasteiger partial charge in [-0.25, -0.2) is 8.42 Å². The fraction of sp³-hybridized carbons (Fsp3) is 0.125. The second-order valence-electron chi connectivity index (χ2n) is 2.57. The highest BCUT2D eigenvalue weighted by Crippen LogP contribution is 2.14. The lowest BCUT2D eigenvalue weighted by molar-refractivity contribution is 0.475. The summed E-state index contributed by atoms with van der Waals surface area (Å²) >= 11 is 0. The number of hydrogen-bond acceptors (Lipinski definition) is 4. The molecule has 74 valence electrons. The van der Waals surface area contributed by atoms with Gasteiger partial charge in [0, 0.05) is 5.69 Å². The van der Waals surface area contributed by atoms with Crippen molar-refractivity contribution in [2.45, 2.75) is 0 Å². The minimum atomic E-state index is -3.59.